The lowest BCUT2D eigenvalue weighted by atomic mass is 10.1. The summed E-state index contributed by atoms with van der Waals surface area (Å²) in [6.45, 7) is 5.81. The molecule has 0 N–H and O–H groups in total. The molecule has 0 amide bonds. The van der Waals surface area contributed by atoms with Crippen molar-refractivity contribution >= 4 is 24.1 Å². The molecule has 50 heavy (non-hydrogen) atoms. The van der Waals surface area contributed by atoms with Crippen molar-refractivity contribution in [3.63, 3.8) is 0 Å². The summed E-state index contributed by atoms with van der Waals surface area (Å²) >= 11 is 0. The Balaban J connectivity index is 0.000000211. The monoisotopic (exact) mass is 678 g/mol. The number of aryl methyl sites for hydroxylation is 3. The molecule has 0 bridgehead atoms. The highest BCUT2D eigenvalue weighted by Crippen LogP contribution is 2.21. The number of para-hydroxylation sites is 2. The van der Waals surface area contributed by atoms with E-state index in [2.05, 4.69) is 9.47 Å². The van der Waals surface area contributed by atoms with Gasteiger partial charge in [-0.1, -0.05) is 77.9 Å². The molecule has 5 rings (SSSR count). The molecule has 258 valence electrons. The summed E-state index contributed by atoms with van der Waals surface area (Å²) in [6, 6.07) is 35.0. The van der Waals surface area contributed by atoms with Crippen LogP contribution in [-0.4, -0.2) is 45.4 Å². The third-order valence-electron chi connectivity index (χ3n) is 6.82. The summed E-state index contributed by atoms with van der Waals surface area (Å²) in [5, 5.41) is 0. The molecule has 5 aromatic rings. The molecule has 10 heteroatoms. The van der Waals surface area contributed by atoms with Gasteiger partial charge in [-0.2, -0.15) is 0 Å². The van der Waals surface area contributed by atoms with Crippen LogP contribution in [0.15, 0.2) is 121 Å². The van der Waals surface area contributed by atoms with Crippen LogP contribution in [0.3, 0.4) is 0 Å². The van der Waals surface area contributed by atoms with E-state index in [0.717, 1.165) is 16.7 Å². The normalized spacial score (nSPS) is 9.72. The minimum absolute atomic E-state index is 0.0847. The lowest BCUT2D eigenvalue weighted by molar-refractivity contribution is 0.0587. The van der Waals surface area contributed by atoms with Crippen molar-refractivity contribution in [3.8, 4) is 23.0 Å². The highest BCUT2D eigenvalue weighted by Gasteiger charge is 2.16. The number of benzene rings is 5. The van der Waals surface area contributed by atoms with E-state index < -0.39 is 12.1 Å². The van der Waals surface area contributed by atoms with Crippen LogP contribution < -0.4 is 18.9 Å². The summed E-state index contributed by atoms with van der Waals surface area (Å²) in [6.07, 6.45) is -0.921. The van der Waals surface area contributed by atoms with Gasteiger partial charge in [-0.25, -0.2) is 19.2 Å². The number of carbonyl (C=O) groups excluding carboxylic acids is 4. The Bertz CT molecular complexity index is 1880. The number of hydrogen-bond donors (Lipinski definition) is 0. The van der Waals surface area contributed by atoms with E-state index >= 15 is 0 Å². The average molecular weight is 679 g/mol. The zero-order valence-corrected chi connectivity index (χ0v) is 28.6. The maximum Gasteiger partial charge on any atom is 0.519 e. The molecule has 10 nitrogen and oxygen atoms in total. The van der Waals surface area contributed by atoms with Gasteiger partial charge in [0.25, 0.3) is 0 Å². The molecule has 0 fully saturated rings. The molecular formula is C40H38O10. The second-order valence-electron chi connectivity index (χ2n) is 10.5. The summed E-state index contributed by atoms with van der Waals surface area (Å²) < 4.78 is 29.5. The molecule has 0 aliphatic rings. The minimum atomic E-state index is -0.921. The zero-order chi connectivity index (χ0) is 36.5. The van der Waals surface area contributed by atoms with Crippen LogP contribution in [0.1, 0.15) is 47.8 Å². The summed E-state index contributed by atoms with van der Waals surface area (Å²) in [4.78, 5) is 46.3. The Kier molecular flexibility index (Phi) is 14.8. The fourth-order valence-corrected chi connectivity index (χ4v) is 4.14. The molecule has 0 saturated heterocycles. The Hall–Kier alpha value is -6.42. The Labute approximate surface area is 291 Å². The predicted molar refractivity (Wildman–Crippen MR) is 187 cm³/mol. The highest BCUT2D eigenvalue weighted by molar-refractivity contribution is 5.94. The molecule has 5 aromatic carbocycles. The van der Waals surface area contributed by atoms with Gasteiger partial charge < -0.3 is 28.4 Å². The molecule has 0 atom stereocenters. The van der Waals surface area contributed by atoms with E-state index in [0.29, 0.717) is 28.4 Å². The lowest BCUT2D eigenvalue weighted by Crippen LogP contribution is -2.16. The Morgan fingerprint density at radius 2 is 0.840 bits per heavy atom. The fourth-order valence-electron chi connectivity index (χ4n) is 4.14. The smallest absolute Gasteiger partial charge is 0.496 e. The molecular weight excluding hydrogens is 640 g/mol. The van der Waals surface area contributed by atoms with E-state index in [-0.39, 0.29) is 23.3 Å². The quantitative estimate of drug-likeness (QED) is 0.0942. The van der Waals surface area contributed by atoms with Crippen LogP contribution in [0.4, 0.5) is 4.79 Å². The van der Waals surface area contributed by atoms with Gasteiger partial charge >= 0.3 is 24.1 Å². The van der Waals surface area contributed by atoms with Gasteiger partial charge in [0, 0.05) is 0 Å². The largest absolute Gasteiger partial charge is 0.519 e. The summed E-state index contributed by atoms with van der Waals surface area (Å²) in [5.41, 5.74) is 4.31. The minimum Gasteiger partial charge on any atom is -0.496 e. The molecule has 0 radical (unpaired) electrons. The van der Waals surface area contributed by atoms with Crippen LogP contribution in [0.25, 0.3) is 0 Å². The van der Waals surface area contributed by atoms with Gasteiger partial charge in [0.15, 0.2) is 0 Å². The van der Waals surface area contributed by atoms with Crippen LogP contribution >= 0.6 is 0 Å². The van der Waals surface area contributed by atoms with Crippen LogP contribution in [0, 0.1) is 20.8 Å². The number of methoxy groups -OCH3 is 3. The van der Waals surface area contributed by atoms with Crippen molar-refractivity contribution in [2.75, 3.05) is 21.3 Å². The third kappa shape index (κ3) is 11.7. The first-order valence-corrected chi connectivity index (χ1v) is 15.3. The first kappa shape index (κ1) is 38.0. The summed E-state index contributed by atoms with van der Waals surface area (Å²) in [7, 11) is 4.11. The van der Waals surface area contributed by atoms with E-state index in [1.54, 1.807) is 66.7 Å². The lowest BCUT2D eigenvalue weighted by Gasteiger charge is -2.08. The molecule has 0 spiro atoms. The highest BCUT2D eigenvalue weighted by atomic mass is 16.7. The summed E-state index contributed by atoms with van der Waals surface area (Å²) in [5.74, 6) is 0.268. The molecule has 0 aliphatic carbocycles. The number of rotatable bonds is 7. The van der Waals surface area contributed by atoms with Crippen LogP contribution in [-0.2, 0) is 9.47 Å². The molecule has 0 unspecified atom stereocenters. The van der Waals surface area contributed by atoms with Crippen molar-refractivity contribution < 1.29 is 47.6 Å². The topological polar surface area (TPSA) is 124 Å². The van der Waals surface area contributed by atoms with E-state index in [9.17, 15) is 19.2 Å². The first-order chi connectivity index (χ1) is 24.1. The third-order valence-corrected chi connectivity index (χ3v) is 6.82. The van der Waals surface area contributed by atoms with Gasteiger partial charge in [-0.15, -0.1) is 0 Å². The van der Waals surface area contributed by atoms with Crippen molar-refractivity contribution in [2.45, 2.75) is 20.8 Å². The second kappa shape index (κ2) is 19.4. The molecule has 0 heterocycles. The van der Waals surface area contributed by atoms with Crippen LogP contribution in [0.2, 0.25) is 0 Å². The van der Waals surface area contributed by atoms with Crippen molar-refractivity contribution in [2.24, 2.45) is 0 Å². The van der Waals surface area contributed by atoms with Gasteiger partial charge in [0.2, 0.25) is 0 Å². The van der Waals surface area contributed by atoms with E-state index in [1.165, 1.54) is 33.5 Å². The molecule has 0 aromatic heterocycles. The number of hydrogen-bond acceptors (Lipinski definition) is 10. The number of esters is 3. The van der Waals surface area contributed by atoms with Gasteiger partial charge in [0.1, 0.15) is 34.1 Å². The van der Waals surface area contributed by atoms with Gasteiger partial charge in [-0.05, 0) is 80.9 Å². The Morgan fingerprint density at radius 1 is 0.420 bits per heavy atom. The maximum atomic E-state index is 11.9. The first-order valence-electron chi connectivity index (χ1n) is 15.3. The van der Waals surface area contributed by atoms with Crippen molar-refractivity contribution in [3.05, 3.63) is 155 Å². The van der Waals surface area contributed by atoms with E-state index in [4.69, 9.17) is 18.9 Å². The van der Waals surface area contributed by atoms with Crippen molar-refractivity contribution in [1.82, 2.24) is 0 Å². The fraction of sp³-hybridized carbons (Fsp3) is 0.150. The van der Waals surface area contributed by atoms with Gasteiger partial charge in [0.05, 0.1) is 26.9 Å². The molecule has 0 aliphatic heterocycles. The predicted octanol–water partition coefficient (Wildman–Crippen LogP) is 8.36. The van der Waals surface area contributed by atoms with Crippen LogP contribution in [0.5, 0.6) is 23.0 Å². The SMILES string of the molecule is COC(=O)c1ccccc1OC.COC(=O)c1ccccc1OC(=O)Oc1ccc(C)cc1.Cc1ccc(OC(=O)c2ccccc2C)cc1. The second-order valence-corrected chi connectivity index (χ2v) is 10.5. The maximum absolute atomic E-state index is 11.9. The van der Waals surface area contributed by atoms with Gasteiger partial charge in [-0.3, -0.25) is 0 Å². The van der Waals surface area contributed by atoms with Crippen molar-refractivity contribution in [1.29, 1.82) is 0 Å². The average Bonchev–Trinajstić information content (AvgIpc) is 3.13. The van der Waals surface area contributed by atoms with E-state index in [1.807, 2.05) is 63.2 Å². The molecule has 0 saturated carbocycles. The standard InChI is InChI=1S/C16H14O5.C15H14O2.C9H10O3/c1-11-7-9-12(10-8-11)20-16(18)21-14-6-4-3-5-13(14)15(17)19-2;1-11-7-9-13(10-8-11)17-15(16)14-6-4-3-5-12(14)2;1-11-8-6-4-3-5-7(8)9(10)12-2/h3-10H,1-2H3;3-10H,1-2H3;3-6H,1-2H3. The number of ether oxygens (including phenoxy) is 6. The number of carbonyl (C=O) groups is 4. The zero-order valence-electron chi connectivity index (χ0n) is 28.6. The Morgan fingerprint density at radius 3 is 1.32 bits per heavy atom.